The minimum absolute atomic E-state index is 0. The zero-order valence-corrected chi connectivity index (χ0v) is 31.9. The van der Waals surface area contributed by atoms with E-state index in [0.29, 0.717) is 0 Å². The van der Waals surface area contributed by atoms with E-state index in [-0.39, 0.29) is 25.8 Å². The van der Waals surface area contributed by atoms with Gasteiger partial charge in [-0.25, -0.2) is 0 Å². The quantitative estimate of drug-likeness (QED) is 0.0768. The molecule has 0 radical (unpaired) electrons. The Hall–Kier alpha value is 0.573. The van der Waals surface area contributed by atoms with Crippen molar-refractivity contribution in [3.05, 3.63) is 40.2 Å². The van der Waals surface area contributed by atoms with Gasteiger partial charge in [0.1, 0.15) is 0 Å². The van der Waals surface area contributed by atoms with E-state index in [9.17, 15) is 3.50 Å². The van der Waals surface area contributed by atoms with Gasteiger partial charge in [0.25, 0.3) is 0 Å². The summed E-state index contributed by atoms with van der Waals surface area (Å²) in [4.78, 5) is 0. The summed E-state index contributed by atoms with van der Waals surface area (Å²) >= 11 is -2.94. The molecule has 0 aliphatic heterocycles. The third-order valence-electron chi connectivity index (χ3n) is 5.37. The monoisotopic (exact) mass is 751 g/mol. The molecule has 0 spiro atoms. The average Bonchev–Trinajstić information content (AvgIpc) is 3.41. The van der Waals surface area contributed by atoms with Crippen LogP contribution in [0.5, 0.6) is 0 Å². The summed E-state index contributed by atoms with van der Waals surface area (Å²) in [6, 6.07) is 7.53. The zero-order valence-electron chi connectivity index (χ0n) is 26.3. The molecule has 0 saturated carbocycles. The van der Waals surface area contributed by atoms with E-state index in [1.807, 2.05) is 24.3 Å². The molecule has 0 atom stereocenters. The minimum atomic E-state index is -2.94. The fourth-order valence-electron chi connectivity index (χ4n) is 2.73. The molecule has 0 fully saturated rings. The van der Waals surface area contributed by atoms with Gasteiger partial charge in [-0.3, -0.25) is 0 Å². The fraction of sp³-hybridized carbons (Fsp3) is 0.839. The Morgan fingerprint density at radius 2 is 0.730 bits per heavy atom. The molecule has 0 saturated heterocycles. The maximum absolute atomic E-state index is 13.1. The summed E-state index contributed by atoms with van der Waals surface area (Å²) in [7, 11) is 0. The molecule has 0 aliphatic rings. The molecule has 6 heteroatoms. The molecule has 3 nitrogen and oxygen atoms in total. The van der Waals surface area contributed by atoms with Crippen LogP contribution in [0.15, 0.2) is 24.3 Å². The number of hydrogen-bond donors (Lipinski definition) is 0. The van der Waals surface area contributed by atoms with Gasteiger partial charge < -0.3 is 16.0 Å². The van der Waals surface area contributed by atoms with Crippen molar-refractivity contribution >= 4 is 18.1 Å². The Kier molecular flexibility index (Phi) is 46.7. The van der Waals surface area contributed by atoms with Gasteiger partial charge in [-0.15, -0.1) is 39.3 Å². The molecule has 218 valence electrons. The van der Waals surface area contributed by atoms with Crippen LogP contribution in [0.1, 0.15) is 119 Å². The second-order valence-corrected chi connectivity index (χ2v) is 17.2. The molecular weight excluding hydrogens is 684 g/mol. The van der Waals surface area contributed by atoms with E-state index in [0.717, 1.165) is 43.7 Å². The van der Waals surface area contributed by atoms with Crippen molar-refractivity contribution in [3.8, 4) is 0 Å². The topological polar surface area (TPSA) is 42.3 Å². The first-order chi connectivity index (χ1) is 17.3. The van der Waals surface area contributed by atoms with E-state index in [1.54, 1.807) is 11.5 Å². The molecule has 1 rings (SSSR count). The van der Waals surface area contributed by atoms with E-state index >= 15 is 0 Å². The summed E-state index contributed by atoms with van der Waals surface area (Å²) in [5.41, 5.74) is 0. The Labute approximate surface area is 255 Å². The van der Waals surface area contributed by atoms with Crippen LogP contribution in [-0.2, 0) is 25.8 Å². The minimum Gasteiger partial charge on any atom is 4.00 e. The molecule has 0 heterocycles. The van der Waals surface area contributed by atoms with Crippen molar-refractivity contribution in [2.45, 2.75) is 130 Å². The summed E-state index contributed by atoms with van der Waals surface area (Å²) < 4.78 is 14.1. The molecule has 0 aromatic heterocycles. The first-order valence-corrected chi connectivity index (χ1v) is 21.2. The van der Waals surface area contributed by atoms with Crippen molar-refractivity contribution in [1.82, 2.24) is 0 Å². The van der Waals surface area contributed by atoms with Gasteiger partial charge in [-0.2, -0.15) is 0 Å². The standard InChI is InChI=1S/3C8H18N.C7H10FGe.Hf/c3*1-3-5-7-9-8-6-4-2;1-9(2,8)7-5-3-4-6-7;/h3*3-8H2,1-2H3;3-6H,1-2H3;/q4*-1;+4. The molecule has 1 aromatic rings. The van der Waals surface area contributed by atoms with Crippen LogP contribution in [0.3, 0.4) is 0 Å². The van der Waals surface area contributed by atoms with Crippen LogP contribution < -0.4 is 4.40 Å². The first kappa shape index (κ1) is 44.6. The van der Waals surface area contributed by atoms with Crippen molar-refractivity contribution in [2.75, 3.05) is 39.3 Å². The Morgan fingerprint density at radius 1 is 0.514 bits per heavy atom. The van der Waals surface area contributed by atoms with E-state index in [2.05, 4.69) is 57.5 Å². The van der Waals surface area contributed by atoms with E-state index < -0.39 is 13.7 Å². The van der Waals surface area contributed by atoms with E-state index in [4.69, 9.17) is 0 Å². The molecule has 0 aliphatic carbocycles. The largest absolute Gasteiger partial charge is 4.00 e. The van der Waals surface area contributed by atoms with Gasteiger partial charge in [0.2, 0.25) is 0 Å². The third kappa shape index (κ3) is 43.9. The third-order valence-corrected chi connectivity index (χ3v) is 8.95. The SMILES string of the molecule is CCCC[N-]CCCC.CCCC[N-]CCCC.CCCC[N-]CCCC.[CH3][Ge]([CH3])([F])[c-]1cccc1.[Hf+4]. The predicted octanol–water partition coefficient (Wildman–Crippen LogP) is 10.7. The summed E-state index contributed by atoms with van der Waals surface area (Å²) in [6.45, 7) is 19.7. The van der Waals surface area contributed by atoms with Crippen LogP contribution in [0.25, 0.3) is 16.0 Å². The Bertz CT molecular complexity index is 416. The maximum Gasteiger partial charge on any atom is 4.00 e. The van der Waals surface area contributed by atoms with Crippen LogP contribution in [0.4, 0.5) is 3.50 Å². The summed E-state index contributed by atoms with van der Waals surface area (Å²) in [6.07, 6.45) is 15.2. The normalized spacial score (nSPS) is 10.2. The number of rotatable bonds is 19. The summed E-state index contributed by atoms with van der Waals surface area (Å²) in [5, 5.41) is 13.1. The molecular formula is C31H64FGeHfN3. The zero-order chi connectivity index (χ0) is 27.8. The van der Waals surface area contributed by atoms with Gasteiger partial charge in [0.05, 0.1) is 0 Å². The van der Waals surface area contributed by atoms with Crippen molar-refractivity contribution < 1.29 is 29.3 Å². The van der Waals surface area contributed by atoms with Crippen LogP contribution >= 0.6 is 0 Å². The second-order valence-electron chi connectivity index (χ2n) is 9.78. The van der Waals surface area contributed by atoms with E-state index in [1.165, 1.54) is 77.0 Å². The number of nitrogens with zero attached hydrogens (tertiary/aromatic N) is 3. The molecule has 37 heavy (non-hydrogen) atoms. The van der Waals surface area contributed by atoms with Crippen LogP contribution in [0, 0.1) is 0 Å². The van der Waals surface area contributed by atoms with Gasteiger partial charge in [-0.05, 0) is 0 Å². The van der Waals surface area contributed by atoms with Gasteiger partial charge in [0.15, 0.2) is 0 Å². The second kappa shape index (κ2) is 38.7. The number of unbranched alkanes of at least 4 members (excludes halogenated alkanes) is 6. The molecule has 0 amide bonds. The van der Waals surface area contributed by atoms with Crippen molar-refractivity contribution in [1.29, 1.82) is 0 Å². The Balaban J connectivity index is -0.000000194. The van der Waals surface area contributed by atoms with Gasteiger partial charge in [0, 0.05) is 0 Å². The molecule has 0 bridgehead atoms. The molecule has 1 aromatic carbocycles. The Morgan fingerprint density at radius 3 is 0.865 bits per heavy atom. The average molecular weight is 749 g/mol. The van der Waals surface area contributed by atoms with Crippen molar-refractivity contribution in [2.24, 2.45) is 0 Å². The first-order valence-electron chi connectivity index (χ1n) is 15.2. The number of hydrogen-bond acceptors (Lipinski definition) is 0. The van der Waals surface area contributed by atoms with Crippen molar-refractivity contribution in [3.63, 3.8) is 0 Å². The number of halogens is 1. The van der Waals surface area contributed by atoms with Crippen LogP contribution in [0.2, 0.25) is 11.5 Å². The molecule has 0 N–H and O–H groups in total. The van der Waals surface area contributed by atoms with Gasteiger partial charge >= 0.3 is 83.2 Å². The maximum atomic E-state index is 13.1. The smallest absolute Gasteiger partial charge is 4.00 e. The predicted molar refractivity (Wildman–Crippen MR) is 169 cm³/mol. The fourth-order valence-corrected chi connectivity index (χ4v) is 4.79. The summed E-state index contributed by atoms with van der Waals surface area (Å²) in [5.74, 6) is 3.49. The molecule has 0 unspecified atom stereocenters. The van der Waals surface area contributed by atoms with Crippen LogP contribution in [-0.4, -0.2) is 53.0 Å². The van der Waals surface area contributed by atoms with Gasteiger partial charge in [-0.1, -0.05) is 119 Å².